The van der Waals surface area contributed by atoms with Crippen LogP contribution in [0.2, 0.25) is 0 Å². The maximum atomic E-state index is 11.8. The van der Waals surface area contributed by atoms with Crippen molar-refractivity contribution in [1.82, 2.24) is 5.32 Å². The Morgan fingerprint density at radius 3 is 2.79 bits per heavy atom. The molecule has 2 fully saturated rings. The van der Waals surface area contributed by atoms with E-state index in [1.54, 1.807) is 0 Å². The second-order valence-corrected chi connectivity index (χ2v) is 5.73. The van der Waals surface area contributed by atoms with Gasteiger partial charge in [-0.15, -0.1) is 0 Å². The van der Waals surface area contributed by atoms with E-state index in [1.165, 1.54) is 0 Å². The average Bonchev–Trinajstić information content (AvgIpc) is 2.17. The number of carboxylic acid groups (broad SMARTS) is 1. The van der Waals surface area contributed by atoms with E-state index in [0.29, 0.717) is 0 Å². The maximum absolute atomic E-state index is 11.8. The molecule has 4 unspecified atom stereocenters. The van der Waals surface area contributed by atoms with Gasteiger partial charge >= 0.3 is 5.97 Å². The number of aliphatic carboxylic acids is 1. The minimum atomic E-state index is -0.951. The van der Waals surface area contributed by atoms with Crippen molar-refractivity contribution in [1.29, 1.82) is 0 Å². The Morgan fingerprint density at radius 2 is 2.07 bits per heavy atom. The topological polar surface area (TPSA) is 66.4 Å². The molecule has 0 radical (unpaired) electrons. The van der Waals surface area contributed by atoms with Gasteiger partial charge in [0.1, 0.15) is 6.04 Å². The number of carboxylic acids is 1. The summed E-state index contributed by atoms with van der Waals surface area (Å²) >= 11 is 0. The number of fused-ring (bicyclic) bond motifs is 1. The van der Waals surface area contributed by atoms with Gasteiger partial charge in [-0.2, -0.15) is 0 Å². The Hall–Kier alpha value is -0.420. The Balaban J connectivity index is 2.08. The van der Waals surface area contributed by atoms with E-state index in [-0.39, 0.29) is 17.0 Å². The lowest BCUT2D eigenvalue weighted by Crippen LogP contribution is -2.58. The minimum absolute atomic E-state index is 0.166. The van der Waals surface area contributed by atoms with Crippen molar-refractivity contribution in [2.45, 2.75) is 43.0 Å². The second kappa shape index (κ2) is 3.98. The van der Waals surface area contributed by atoms with Crippen molar-refractivity contribution in [2.24, 2.45) is 0 Å². The fraction of sp³-hybridized carbons (Fsp3) is 0.889. The zero-order valence-electron chi connectivity index (χ0n) is 7.94. The zero-order valence-corrected chi connectivity index (χ0v) is 8.76. The molecular weight excluding hydrogens is 202 g/mol. The predicted molar refractivity (Wildman–Crippen MR) is 53.6 cm³/mol. The third kappa shape index (κ3) is 1.83. The van der Waals surface area contributed by atoms with Crippen LogP contribution in [-0.4, -0.2) is 38.4 Å². The van der Waals surface area contributed by atoms with Gasteiger partial charge in [0.25, 0.3) is 0 Å². The quantitative estimate of drug-likeness (QED) is 0.654. The van der Waals surface area contributed by atoms with Gasteiger partial charge in [0.15, 0.2) is 0 Å². The molecule has 0 bridgehead atoms. The lowest BCUT2D eigenvalue weighted by molar-refractivity contribution is -0.139. The van der Waals surface area contributed by atoms with E-state index < -0.39 is 22.8 Å². The molecule has 2 rings (SSSR count). The van der Waals surface area contributed by atoms with Crippen LogP contribution in [0.5, 0.6) is 0 Å². The molecule has 14 heavy (non-hydrogen) atoms. The van der Waals surface area contributed by atoms with E-state index in [1.807, 2.05) is 0 Å². The molecule has 2 N–H and O–H groups in total. The van der Waals surface area contributed by atoms with Gasteiger partial charge in [-0.3, -0.25) is 14.3 Å². The van der Waals surface area contributed by atoms with Gasteiger partial charge in [0.2, 0.25) is 0 Å². The molecule has 1 aliphatic heterocycles. The van der Waals surface area contributed by atoms with Gasteiger partial charge < -0.3 is 5.11 Å². The van der Waals surface area contributed by atoms with Gasteiger partial charge in [-0.1, -0.05) is 12.8 Å². The fourth-order valence-corrected chi connectivity index (χ4v) is 4.16. The fourth-order valence-electron chi connectivity index (χ4n) is 2.34. The van der Waals surface area contributed by atoms with Crippen LogP contribution in [0, 0.1) is 0 Å². The summed E-state index contributed by atoms with van der Waals surface area (Å²) in [4.78, 5) is 10.8. The highest BCUT2D eigenvalue weighted by Crippen LogP contribution is 2.26. The van der Waals surface area contributed by atoms with E-state index in [2.05, 4.69) is 5.32 Å². The molecule has 4 atom stereocenters. The molecule has 1 saturated carbocycles. The highest BCUT2D eigenvalue weighted by Gasteiger charge is 2.39. The molecule has 1 aliphatic carbocycles. The Morgan fingerprint density at radius 1 is 1.36 bits per heavy atom. The Bertz CT molecular complexity index is 269. The van der Waals surface area contributed by atoms with Crippen LogP contribution in [0.4, 0.5) is 0 Å². The molecule has 80 valence electrons. The van der Waals surface area contributed by atoms with Gasteiger partial charge in [-0.25, -0.2) is 0 Å². The number of hydrogen-bond acceptors (Lipinski definition) is 3. The molecule has 1 heterocycles. The number of nitrogens with one attached hydrogen (secondary N) is 1. The lowest BCUT2D eigenvalue weighted by Gasteiger charge is -2.38. The SMILES string of the molecule is O=C(O)C1CS(=O)C2CCCCC2N1. The number of hydrogen-bond donors (Lipinski definition) is 2. The van der Waals surface area contributed by atoms with E-state index in [4.69, 9.17) is 5.11 Å². The smallest absolute Gasteiger partial charge is 0.321 e. The molecule has 4 nitrogen and oxygen atoms in total. The van der Waals surface area contributed by atoms with E-state index >= 15 is 0 Å². The molecule has 2 aliphatic rings. The van der Waals surface area contributed by atoms with Crippen molar-refractivity contribution < 1.29 is 14.1 Å². The number of rotatable bonds is 1. The van der Waals surface area contributed by atoms with Crippen LogP contribution in [-0.2, 0) is 15.6 Å². The highest BCUT2D eigenvalue weighted by atomic mass is 32.2. The van der Waals surface area contributed by atoms with Crippen LogP contribution in [0.15, 0.2) is 0 Å². The monoisotopic (exact) mass is 217 g/mol. The van der Waals surface area contributed by atoms with Crippen molar-refractivity contribution in [3.63, 3.8) is 0 Å². The molecule has 0 aromatic heterocycles. The predicted octanol–water partition coefficient (Wildman–Crippen LogP) is 0.103. The molecule has 0 amide bonds. The van der Waals surface area contributed by atoms with Gasteiger partial charge in [0, 0.05) is 22.6 Å². The molecule has 0 aromatic rings. The largest absolute Gasteiger partial charge is 0.480 e. The first-order chi connectivity index (χ1) is 6.68. The van der Waals surface area contributed by atoms with E-state index in [0.717, 1.165) is 25.7 Å². The maximum Gasteiger partial charge on any atom is 0.321 e. The van der Waals surface area contributed by atoms with E-state index in [9.17, 15) is 9.00 Å². The molecule has 5 heteroatoms. The molecular formula is C9H15NO3S. The first-order valence-corrected chi connectivity index (χ1v) is 6.42. The summed E-state index contributed by atoms with van der Waals surface area (Å²) in [6, 6.07) is -0.436. The summed E-state index contributed by atoms with van der Waals surface area (Å²) in [6.45, 7) is 0. The van der Waals surface area contributed by atoms with Crippen molar-refractivity contribution in [3.05, 3.63) is 0 Å². The Labute approximate surface area is 85.5 Å². The second-order valence-electron chi connectivity index (χ2n) is 4.03. The minimum Gasteiger partial charge on any atom is -0.480 e. The lowest BCUT2D eigenvalue weighted by atomic mass is 9.94. The standard InChI is InChI=1S/C9H15NO3S/c11-9(12)7-5-14(13)8-4-2-1-3-6(8)10-7/h6-8,10H,1-5H2,(H,11,12). The number of carbonyl (C=O) groups is 1. The average molecular weight is 217 g/mol. The van der Waals surface area contributed by atoms with Crippen LogP contribution < -0.4 is 5.32 Å². The highest BCUT2D eigenvalue weighted by molar-refractivity contribution is 7.85. The summed E-state index contributed by atoms with van der Waals surface area (Å²) in [5.41, 5.74) is 0. The molecule has 1 saturated heterocycles. The Kier molecular flexibility index (Phi) is 2.88. The van der Waals surface area contributed by atoms with Gasteiger partial charge in [0.05, 0.1) is 5.25 Å². The molecule has 0 aromatic carbocycles. The summed E-state index contributed by atoms with van der Waals surface area (Å²) in [5.74, 6) is -0.598. The summed E-state index contributed by atoms with van der Waals surface area (Å²) in [5, 5.41) is 12.1. The third-order valence-electron chi connectivity index (χ3n) is 3.08. The van der Waals surface area contributed by atoms with Gasteiger partial charge in [-0.05, 0) is 12.8 Å². The first kappa shape index (κ1) is 10.1. The summed E-state index contributed by atoms with van der Waals surface area (Å²) < 4.78 is 11.8. The van der Waals surface area contributed by atoms with Crippen molar-refractivity contribution >= 4 is 16.8 Å². The summed E-state index contributed by atoms with van der Waals surface area (Å²) in [6.07, 6.45) is 4.21. The van der Waals surface area contributed by atoms with Crippen molar-refractivity contribution in [2.75, 3.05) is 5.75 Å². The summed E-state index contributed by atoms with van der Waals surface area (Å²) in [7, 11) is -0.951. The van der Waals surface area contributed by atoms with Crippen LogP contribution in [0.1, 0.15) is 25.7 Å². The first-order valence-electron chi connectivity index (χ1n) is 5.04. The van der Waals surface area contributed by atoms with Crippen LogP contribution in [0.3, 0.4) is 0 Å². The zero-order chi connectivity index (χ0) is 10.1. The third-order valence-corrected chi connectivity index (χ3v) is 4.99. The normalized spacial score (nSPS) is 42.9. The van der Waals surface area contributed by atoms with Crippen molar-refractivity contribution in [3.8, 4) is 0 Å². The van der Waals surface area contributed by atoms with Crippen LogP contribution in [0.25, 0.3) is 0 Å². The molecule has 0 spiro atoms. The van der Waals surface area contributed by atoms with Crippen LogP contribution >= 0.6 is 0 Å².